The summed E-state index contributed by atoms with van der Waals surface area (Å²) in [6.45, 7) is 4.70. The fourth-order valence-corrected chi connectivity index (χ4v) is 10.7. The first-order chi connectivity index (χ1) is 33.4. The average Bonchev–Trinajstić information content (AvgIpc) is 4.17. The van der Waals surface area contributed by atoms with Gasteiger partial charge < -0.3 is 18.9 Å². The van der Waals surface area contributed by atoms with Gasteiger partial charge in [-0.1, -0.05) is 12.1 Å². The summed E-state index contributed by atoms with van der Waals surface area (Å²) in [5.41, 5.74) is 7.11. The maximum absolute atomic E-state index is 13.9. The highest BCUT2D eigenvalue weighted by atomic mass is 19.4. The molecule has 0 saturated carbocycles. The number of amides is 2. The van der Waals surface area contributed by atoms with E-state index in [-0.39, 0.29) is 36.5 Å². The van der Waals surface area contributed by atoms with Gasteiger partial charge in [0.25, 0.3) is 0 Å². The maximum atomic E-state index is 13.9. The highest BCUT2D eigenvalue weighted by Gasteiger charge is 2.38. The topological polar surface area (TPSA) is 119 Å². The molecule has 2 aliphatic heterocycles. The molecule has 2 amide bonds. The second-order valence-electron chi connectivity index (χ2n) is 18.1. The predicted molar refractivity (Wildman–Crippen MR) is 249 cm³/mol. The number of carbonyl (C=O) groups is 4. The quantitative estimate of drug-likeness (QED) is 0.162. The van der Waals surface area contributed by atoms with E-state index in [1.54, 1.807) is 28.4 Å². The zero-order valence-corrected chi connectivity index (χ0v) is 37.8. The van der Waals surface area contributed by atoms with Crippen molar-refractivity contribution < 1.29 is 45.5 Å². The van der Waals surface area contributed by atoms with Crippen LogP contribution < -0.4 is 0 Å². The second kappa shape index (κ2) is 16.4. The number of hydrogen-bond donors (Lipinski definition) is 0. The van der Waals surface area contributed by atoms with Crippen LogP contribution in [0, 0.1) is 0 Å². The first kappa shape index (κ1) is 44.7. The van der Waals surface area contributed by atoms with Crippen LogP contribution in [-0.4, -0.2) is 74.2 Å². The number of Topliss-reactive ketones (excluding diaryl/α,β-unsaturated/α-hetero) is 2. The normalized spacial score (nSPS) is 16.6. The molecular formula is C52H42F6N8O4. The van der Waals surface area contributed by atoms with Crippen LogP contribution in [-0.2, 0) is 57.7 Å². The van der Waals surface area contributed by atoms with Crippen LogP contribution in [0.5, 0.6) is 0 Å². The lowest BCUT2D eigenvalue weighted by molar-refractivity contribution is -0.138. The Morgan fingerprint density at radius 3 is 1.56 bits per heavy atom. The molecule has 0 bridgehead atoms. The maximum Gasteiger partial charge on any atom is 0.416 e. The molecular weight excluding hydrogens is 915 g/mol. The van der Waals surface area contributed by atoms with Crippen LogP contribution in [0.4, 0.5) is 26.3 Å². The van der Waals surface area contributed by atoms with Gasteiger partial charge in [0.15, 0.2) is 11.6 Å². The van der Waals surface area contributed by atoms with Gasteiger partial charge in [-0.2, -0.15) is 26.3 Å². The number of imidazole rings is 2. The van der Waals surface area contributed by atoms with Gasteiger partial charge in [0, 0.05) is 124 Å². The Morgan fingerprint density at radius 2 is 1.03 bits per heavy atom. The fourth-order valence-electron chi connectivity index (χ4n) is 10.7. The van der Waals surface area contributed by atoms with Crippen molar-refractivity contribution in [3.05, 3.63) is 143 Å². The van der Waals surface area contributed by atoms with Crippen molar-refractivity contribution in [2.75, 3.05) is 13.1 Å². The molecule has 12 nitrogen and oxygen atoms in total. The van der Waals surface area contributed by atoms with Crippen LogP contribution in [0.1, 0.15) is 84.3 Å². The molecule has 2 aromatic carbocycles. The monoisotopic (exact) mass is 956 g/mol. The summed E-state index contributed by atoms with van der Waals surface area (Å²) in [4.78, 5) is 62.3. The number of alkyl halides is 6. The minimum Gasteiger partial charge on any atom is -0.345 e. The highest BCUT2D eigenvalue weighted by Crippen LogP contribution is 2.46. The molecule has 4 aliphatic rings. The molecule has 0 radical (unpaired) electrons. The van der Waals surface area contributed by atoms with Gasteiger partial charge >= 0.3 is 12.4 Å². The van der Waals surface area contributed by atoms with Crippen molar-refractivity contribution in [3.8, 4) is 0 Å². The smallest absolute Gasteiger partial charge is 0.345 e. The summed E-state index contributed by atoms with van der Waals surface area (Å²) in [5, 5.41) is 0.841. The lowest BCUT2D eigenvalue weighted by Gasteiger charge is -2.19. The first-order valence-electron chi connectivity index (χ1n) is 22.8. The first-order valence-corrected chi connectivity index (χ1v) is 22.8. The zero-order valence-electron chi connectivity index (χ0n) is 37.8. The third-order valence-corrected chi connectivity index (χ3v) is 14.0. The van der Waals surface area contributed by atoms with Gasteiger partial charge in [-0.05, 0) is 83.6 Å². The van der Waals surface area contributed by atoms with Gasteiger partial charge in [0.05, 0.1) is 45.9 Å². The van der Waals surface area contributed by atoms with Crippen LogP contribution in [0.2, 0.25) is 0 Å². The third kappa shape index (κ3) is 7.47. The molecule has 0 N–H and O–H groups in total. The fraction of sp³-hybridized carbons (Fsp3) is 0.269. The molecule has 0 unspecified atom stereocenters. The number of allylic oxidation sites excluding steroid dienone is 4. The molecule has 0 saturated heterocycles. The van der Waals surface area contributed by atoms with Gasteiger partial charge in [0.1, 0.15) is 11.3 Å². The molecule has 0 fully saturated rings. The number of nitrogens with zero attached hydrogens (tertiary/aromatic N) is 8. The largest absolute Gasteiger partial charge is 0.416 e. The third-order valence-electron chi connectivity index (χ3n) is 14.0. The molecule has 6 aromatic heterocycles. The molecule has 8 aromatic rings. The summed E-state index contributed by atoms with van der Waals surface area (Å²) in [5.74, 6) is -0.509. The highest BCUT2D eigenvalue weighted by molar-refractivity contribution is 6.33. The number of ketones is 2. The molecule has 70 heavy (non-hydrogen) atoms. The molecule has 0 spiro atoms. The van der Waals surface area contributed by atoms with Crippen LogP contribution in [0.3, 0.4) is 0 Å². The second-order valence-corrected chi connectivity index (χ2v) is 18.1. The number of carbonyl (C=O) groups excluding carboxylic acids is 4. The van der Waals surface area contributed by atoms with Gasteiger partial charge in [-0.25, -0.2) is 9.97 Å². The Hall–Kier alpha value is -7.76. The van der Waals surface area contributed by atoms with Crippen LogP contribution >= 0.6 is 0 Å². The Kier molecular flexibility index (Phi) is 10.5. The van der Waals surface area contributed by atoms with Crippen molar-refractivity contribution in [1.82, 2.24) is 37.7 Å². The van der Waals surface area contributed by atoms with E-state index in [9.17, 15) is 45.5 Å². The molecule has 2 aliphatic carbocycles. The molecule has 8 heterocycles. The summed E-state index contributed by atoms with van der Waals surface area (Å²) < 4.78 is 90.9. The van der Waals surface area contributed by atoms with Gasteiger partial charge in [0.2, 0.25) is 11.8 Å². The summed E-state index contributed by atoms with van der Waals surface area (Å²) in [6.07, 6.45) is 3.09. The van der Waals surface area contributed by atoms with E-state index in [0.717, 1.165) is 40.7 Å². The summed E-state index contributed by atoms with van der Waals surface area (Å²) in [7, 11) is 0. The van der Waals surface area contributed by atoms with E-state index in [4.69, 9.17) is 0 Å². The minimum atomic E-state index is -4.56. The predicted octanol–water partition coefficient (Wildman–Crippen LogP) is 9.89. The Bertz CT molecular complexity index is 3620. The summed E-state index contributed by atoms with van der Waals surface area (Å²) in [6, 6.07) is 15.7. The number of hydrogen-bond acceptors (Lipinski definition) is 6. The molecule has 0 atom stereocenters. The molecule has 18 heteroatoms. The number of pyridine rings is 2. The number of rotatable bonds is 4. The Labute approximate surface area is 394 Å². The van der Waals surface area contributed by atoms with Crippen molar-refractivity contribution in [2.24, 2.45) is 0 Å². The number of fused-ring (bicyclic) bond motifs is 2. The molecule has 12 rings (SSSR count). The number of aromatic nitrogens is 6. The van der Waals surface area contributed by atoms with Crippen molar-refractivity contribution in [2.45, 2.75) is 78.1 Å². The zero-order chi connectivity index (χ0) is 49.0. The van der Waals surface area contributed by atoms with Gasteiger partial charge in [-0.3, -0.25) is 28.0 Å². The number of benzene rings is 2. The Morgan fingerprint density at radius 1 is 0.557 bits per heavy atom. The van der Waals surface area contributed by atoms with Crippen molar-refractivity contribution in [1.29, 1.82) is 0 Å². The van der Waals surface area contributed by atoms with E-state index in [0.29, 0.717) is 118 Å². The molecule has 356 valence electrons. The summed E-state index contributed by atoms with van der Waals surface area (Å²) >= 11 is 0. The average molecular weight is 957 g/mol. The minimum absolute atomic E-state index is 0.0476. The van der Waals surface area contributed by atoms with E-state index >= 15 is 0 Å². The van der Waals surface area contributed by atoms with Gasteiger partial charge in [-0.15, -0.1) is 0 Å². The van der Waals surface area contributed by atoms with Crippen LogP contribution in [0.25, 0.3) is 55.4 Å². The standard InChI is InChI=1S/2C26H21F3N4O2/c1-15(34)31-8-9-32-14-20(19-11-17(26(27,28)29)10-16(13-31)25(19)32)24-18(5-6-22(24)35)21-12-30-23-4-2-3-7-33(21)23;1-15(34)31-8-9-32-14-20(19-11-17(26(27,28)29)10-16(13-31)25(19)32)18-5-6-22(35)24(18)21-12-30-23-4-2-3-7-33(21)23/h2*2-4,7,10-12,14H,5-6,8-9,13H2,1H3. The van der Waals surface area contributed by atoms with Crippen molar-refractivity contribution >= 4 is 78.8 Å². The lowest BCUT2D eigenvalue weighted by atomic mass is 9.96. The number of halogens is 6. The Balaban J connectivity index is 0.000000152. The van der Waals surface area contributed by atoms with E-state index in [2.05, 4.69) is 9.97 Å². The van der Waals surface area contributed by atoms with Crippen LogP contribution in [0.15, 0.2) is 97.8 Å². The lowest BCUT2D eigenvalue weighted by Crippen LogP contribution is -2.29. The van der Waals surface area contributed by atoms with E-state index in [1.807, 2.05) is 72.9 Å². The van der Waals surface area contributed by atoms with E-state index in [1.165, 1.54) is 19.9 Å². The van der Waals surface area contributed by atoms with Crippen molar-refractivity contribution in [3.63, 3.8) is 0 Å². The SMILES string of the molecule is CC(=O)N1CCn2cc(C3=C(c4cnc5ccccn45)C(=O)CC3)c3cc(C(F)(F)F)cc(c32)C1.CC(=O)N1CCn2cc(C3=C(c4cnc5ccccn45)CCC3=O)c3cc(C(F)(F)F)cc(c32)C1. The van der Waals surface area contributed by atoms with E-state index < -0.39 is 23.5 Å².